The molecular weight excluding hydrogens is 238 g/mol. The molecular formula is C12H20ClN3O. The lowest BCUT2D eigenvalue weighted by atomic mass is 9.89. The van der Waals surface area contributed by atoms with E-state index in [2.05, 4.69) is 17.3 Å². The first-order valence-electron chi connectivity index (χ1n) is 6.12. The first-order valence-corrected chi connectivity index (χ1v) is 6.49. The number of ether oxygens (including phenoxy) is 1. The van der Waals surface area contributed by atoms with Crippen molar-refractivity contribution < 1.29 is 4.74 Å². The van der Waals surface area contributed by atoms with Crippen LogP contribution >= 0.6 is 11.6 Å². The summed E-state index contributed by atoms with van der Waals surface area (Å²) in [4.78, 5) is 0. The van der Waals surface area contributed by atoms with E-state index in [0.29, 0.717) is 12.1 Å². The minimum Gasteiger partial charge on any atom is -0.381 e. The topological polar surface area (TPSA) is 39.1 Å². The molecule has 1 heterocycles. The van der Waals surface area contributed by atoms with Gasteiger partial charge in [-0.3, -0.25) is 4.68 Å². The lowest BCUT2D eigenvalue weighted by Gasteiger charge is -2.34. The second-order valence-corrected chi connectivity index (χ2v) is 4.97. The summed E-state index contributed by atoms with van der Waals surface area (Å²) >= 11 is 6.28. The molecule has 1 N–H and O–H groups in total. The van der Waals surface area contributed by atoms with Gasteiger partial charge in [0, 0.05) is 26.7 Å². The van der Waals surface area contributed by atoms with Gasteiger partial charge in [0.05, 0.1) is 22.5 Å². The van der Waals surface area contributed by atoms with E-state index in [1.165, 1.54) is 0 Å². The van der Waals surface area contributed by atoms with Crippen molar-refractivity contribution in [1.29, 1.82) is 0 Å². The molecule has 0 spiro atoms. The van der Waals surface area contributed by atoms with Crippen molar-refractivity contribution in [2.45, 2.75) is 44.9 Å². The van der Waals surface area contributed by atoms with Gasteiger partial charge in [-0.1, -0.05) is 18.5 Å². The molecule has 1 aromatic rings. The predicted octanol–water partition coefficient (Wildman–Crippen LogP) is 1.90. The molecule has 0 unspecified atom stereocenters. The summed E-state index contributed by atoms with van der Waals surface area (Å²) < 4.78 is 7.13. The molecule has 0 saturated heterocycles. The number of aromatic nitrogens is 2. The summed E-state index contributed by atoms with van der Waals surface area (Å²) in [5, 5.41) is 8.71. The molecule has 1 aliphatic rings. The van der Waals surface area contributed by atoms with E-state index in [1.807, 2.05) is 11.7 Å². The first kappa shape index (κ1) is 12.9. The highest BCUT2D eigenvalue weighted by Gasteiger charge is 2.28. The highest BCUT2D eigenvalue weighted by Crippen LogP contribution is 2.25. The largest absolute Gasteiger partial charge is 0.381 e. The lowest BCUT2D eigenvalue weighted by Crippen LogP contribution is -2.44. The van der Waals surface area contributed by atoms with Gasteiger partial charge in [0.1, 0.15) is 0 Å². The fraction of sp³-hybridized carbons (Fsp3) is 0.750. The number of nitrogens with one attached hydrogen (secondary N) is 1. The van der Waals surface area contributed by atoms with E-state index in [4.69, 9.17) is 16.3 Å². The molecule has 1 fully saturated rings. The van der Waals surface area contributed by atoms with Crippen molar-refractivity contribution in [3.05, 3.63) is 16.4 Å². The Bertz CT molecular complexity index is 385. The summed E-state index contributed by atoms with van der Waals surface area (Å²) in [7, 11) is 3.72. The second kappa shape index (κ2) is 5.38. The Balaban J connectivity index is 1.89. The second-order valence-electron chi connectivity index (χ2n) is 4.59. The quantitative estimate of drug-likeness (QED) is 0.876. The van der Waals surface area contributed by atoms with Crippen molar-refractivity contribution in [2.24, 2.45) is 7.05 Å². The molecule has 0 radical (unpaired) electrons. The Morgan fingerprint density at radius 2 is 2.24 bits per heavy atom. The first-order chi connectivity index (χ1) is 8.15. The van der Waals surface area contributed by atoms with Gasteiger partial charge in [0.2, 0.25) is 0 Å². The number of rotatable bonds is 5. The number of aryl methyl sites for hydroxylation is 2. The molecule has 1 aliphatic carbocycles. The molecule has 0 bridgehead atoms. The third kappa shape index (κ3) is 2.64. The third-order valence-corrected chi connectivity index (χ3v) is 3.93. The van der Waals surface area contributed by atoms with Gasteiger partial charge in [0.15, 0.2) is 0 Å². The van der Waals surface area contributed by atoms with Crippen LogP contribution in [0, 0.1) is 0 Å². The van der Waals surface area contributed by atoms with Crippen LogP contribution in [0.2, 0.25) is 5.02 Å². The van der Waals surface area contributed by atoms with Gasteiger partial charge in [-0.05, 0) is 19.3 Å². The van der Waals surface area contributed by atoms with Gasteiger partial charge < -0.3 is 10.1 Å². The van der Waals surface area contributed by atoms with E-state index in [-0.39, 0.29) is 0 Å². The normalized spacial score (nSPS) is 23.8. The summed E-state index contributed by atoms with van der Waals surface area (Å²) in [5.41, 5.74) is 2.05. The van der Waals surface area contributed by atoms with Crippen molar-refractivity contribution in [1.82, 2.24) is 15.1 Å². The monoisotopic (exact) mass is 257 g/mol. The average Bonchev–Trinajstić information content (AvgIpc) is 2.53. The number of hydrogen-bond acceptors (Lipinski definition) is 3. The smallest absolute Gasteiger partial charge is 0.0863 e. The maximum atomic E-state index is 6.28. The number of methoxy groups -OCH3 is 1. The van der Waals surface area contributed by atoms with E-state index in [0.717, 1.165) is 42.2 Å². The van der Waals surface area contributed by atoms with E-state index in [1.54, 1.807) is 7.11 Å². The molecule has 2 rings (SSSR count). The maximum absolute atomic E-state index is 6.28. The zero-order chi connectivity index (χ0) is 12.4. The molecule has 0 aliphatic heterocycles. The molecule has 4 nitrogen and oxygen atoms in total. The van der Waals surface area contributed by atoms with Gasteiger partial charge in [-0.2, -0.15) is 5.10 Å². The standard InChI is InChI=1S/C12H20ClN3O/c1-4-10-12(13)11(16(2)15-10)7-14-8-5-9(6-8)17-3/h8-9,14H,4-7H2,1-3H3. The number of hydrogen-bond donors (Lipinski definition) is 1. The van der Waals surface area contributed by atoms with Crippen LogP contribution in [-0.4, -0.2) is 29.0 Å². The summed E-state index contributed by atoms with van der Waals surface area (Å²) in [6.07, 6.45) is 3.49. The SMILES string of the molecule is CCc1nn(C)c(CNC2CC(OC)C2)c1Cl. The van der Waals surface area contributed by atoms with E-state index < -0.39 is 0 Å². The Kier molecular flexibility index (Phi) is 4.07. The van der Waals surface area contributed by atoms with Crippen LogP contribution < -0.4 is 5.32 Å². The van der Waals surface area contributed by atoms with Gasteiger partial charge in [-0.15, -0.1) is 0 Å². The van der Waals surface area contributed by atoms with Crippen LogP contribution in [0.25, 0.3) is 0 Å². The van der Waals surface area contributed by atoms with Gasteiger partial charge in [0.25, 0.3) is 0 Å². The summed E-state index contributed by atoms with van der Waals surface area (Å²) in [6.45, 7) is 2.85. The van der Waals surface area contributed by atoms with Crippen LogP contribution in [0.4, 0.5) is 0 Å². The fourth-order valence-electron chi connectivity index (χ4n) is 2.18. The minimum atomic E-state index is 0.431. The van der Waals surface area contributed by atoms with Crippen molar-refractivity contribution in [3.8, 4) is 0 Å². The van der Waals surface area contributed by atoms with Crippen LogP contribution in [-0.2, 0) is 24.8 Å². The maximum Gasteiger partial charge on any atom is 0.0863 e. The number of halogens is 1. The Hall–Kier alpha value is -0.580. The zero-order valence-corrected chi connectivity index (χ0v) is 11.4. The average molecular weight is 258 g/mol. The Labute approximate surface area is 107 Å². The highest BCUT2D eigenvalue weighted by molar-refractivity contribution is 6.31. The van der Waals surface area contributed by atoms with Crippen LogP contribution in [0.1, 0.15) is 31.2 Å². The molecule has 0 aromatic carbocycles. The van der Waals surface area contributed by atoms with Crippen molar-refractivity contribution >= 4 is 11.6 Å². The number of nitrogens with zero attached hydrogens (tertiary/aromatic N) is 2. The lowest BCUT2D eigenvalue weighted by molar-refractivity contribution is 0.0168. The van der Waals surface area contributed by atoms with Gasteiger partial charge in [-0.25, -0.2) is 0 Å². The van der Waals surface area contributed by atoms with Gasteiger partial charge >= 0.3 is 0 Å². The Morgan fingerprint density at radius 3 is 2.76 bits per heavy atom. The Morgan fingerprint density at radius 1 is 1.53 bits per heavy atom. The van der Waals surface area contributed by atoms with Crippen molar-refractivity contribution in [2.75, 3.05) is 7.11 Å². The van der Waals surface area contributed by atoms with Crippen LogP contribution in [0.15, 0.2) is 0 Å². The highest BCUT2D eigenvalue weighted by atomic mass is 35.5. The third-order valence-electron chi connectivity index (χ3n) is 3.49. The summed E-state index contributed by atoms with van der Waals surface area (Å²) in [5.74, 6) is 0. The predicted molar refractivity (Wildman–Crippen MR) is 68.3 cm³/mol. The minimum absolute atomic E-state index is 0.431. The zero-order valence-electron chi connectivity index (χ0n) is 10.7. The molecule has 0 atom stereocenters. The fourth-order valence-corrected chi connectivity index (χ4v) is 2.54. The van der Waals surface area contributed by atoms with Crippen molar-refractivity contribution in [3.63, 3.8) is 0 Å². The molecule has 17 heavy (non-hydrogen) atoms. The molecule has 0 amide bonds. The van der Waals surface area contributed by atoms with E-state index in [9.17, 15) is 0 Å². The summed E-state index contributed by atoms with van der Waals surface area (Å²) in [6, 6.07) is 0.552. The van der Waals surface area contributed by atoms with Crippen LogP contribution in [0.5, 0.6) is 0 Å². The molecule has 1 aromatic heterocycles. The molecule has 96 valence electrons. The molecule has 5 heteroatoms. The molecule has 1 saturated carbocycles. The van der Waals surface area contributed by atoms with E-state index >= 15 is 0 Å². The van der Waals surface area contributed by atoms with Crippen LogP contribution in [0.3, 0.4) is 0 Å².